The average molecular weight is 324 g/mol. The SMILES string of the molecule is O=P1([N+](CCCl)CCCl)OCCCN1CCCl. The summed E-state index contributed by atoms with van der Waals surface area (Å²) in [5, 5.41) is 0. The lowest BCUT2D eigenvalue weighted by Crippen LogP contribution is -2.43. The van der Waals surface area contributed by atoms with Crippen molar-refractivity contribution >= 4 is 42.5 Å². The van der Waals surface area contributed by atoms with Crippen LogP contribution in [-0.4, -0.2) is 55.1 Å². The summed E-state index contributed by atoms with van der Waals surface area (Å²) in [6.07, 6.45) is 0.871. The van der Waals surface area contributed by atoms with Gasteiger partial charge in [0.25, 0.3) is 0 Å². The van der Waals surface area contributed by atoms with Crippen molar-refractivity contribution < 1.29 is 9.09 Å². The second-order valence-corrected chi connectivity index (χ2v) is 7.16. The van der Waals surface area contributed by atoms with Crippen LogP contribution in [0.4, 0.5) is 0 Å². The quantitative estimate of drug-likeness (QED) is 0.534. The van der Waals surface area contributed by atoms with Gasteiger partial charge in [0.05, 0.1) is 18.4 Å². The van der Waals surface area contributed by atoms with Gasteiger partial charge in [-0.3, -0.25) is 4.52 Å². The second-order valence-electron chi connectivity index (χ2n) is 3.65. The monoisotopic (exact) mass is 322 g/mol. The molecule has 4 nitrogen and oxygen atoms in total. The van der Waals surface area contributed by atoms with E-state index >= 15 is 0 Å². The summed E-state index contributed by atoms with van der Waals surface area (Å²) in [5.41, 5.74) is 0. The molecule has 0 bridgehead atoms. The van der Waals surface area contributed by atoms with Crippen molar-refractivity contribution in [3.8, 4) is 0 Å². The van der Waals surface area contributed by atoms with Gasteiger partial charge in [-0.05, 0) is 6.42 Å². The van der Waals surface area contributed by atoms with Crippen LogP contribution in [0.2, 0.25) is 0 Å². The van der Waals surface area contributed by atoms with E-state index in [1.807, 2.05) is 4.67 Å². The van der Waals surface area contributed by atoms with E-state index in [2.05, 4.69) is 0 Å². The average Bonchev–Trinajstić information content (AvgIpc) is 2.32. The summed E-state index contributed by atoms with van der Waals surface area (Å²) in [7, 11) is -2.97. The van der Waals surface area contributed by atoms with Crippen LogP contribution in [0.5, 0.6) is 0 Å². The lowest BCUT2D eigenvalue weighted by molar-refractivity contribution is 0.189. The lowest BCUT2D eigenvalue weighted by atomic mass is 10.4. The summed E-state index contributed by atoms with van der Waals surface area (Å²) >= 11 is 17.2. The highest BCUT2D eigenvalue weighted by Gasteiger charge is 2.49. The molecule has 0 N–H and O–H groups in total. The minimum Gasteiger partial charge on any atom is -0.270 e. The van der Waals surface area contributed by atoms with E-state index < -0.39 is 7.67 Å². The summed E-state index contributed by atoms with van der Waals surface area (Å²) in [5.74, 6) is 1.24. The molecule has 1 unspecified atom stereocenters. The number of rotatable bonds is 7. The number of nitrogens with zero attached hydrogens (tertiary/aromatic N) is 2. The molecule has 1 rings (SSSR count). The molecule has 1 radical (unpaired) electrons. The van der Waals surface area contributed by atoms with Crippen molar-refractivity contribution in [3.63, 3.8) is 0 Å². The molecule has 1 heterocycles. The topological polar surface area (TPSA) is 35.4 Å². The normalized spacial score (nSPS) is 26.6. The molecule has 0 amide bonds. The van der Waals surface area contributed by atoms with Gasteiger partial charge < -0.3 is 0 Å². The molecule has 1 saturated heterocycles. The molecule has 0 aromatic heterocycles. The van der Waals surface area contributed by atoms with Crippen molar-refractivity contribution in [1.29, 1.82) is 0 Å². The van der Waals surface area contributed by atoms with Crippen LogP contribution >= 0.6 is 42.5 Å². The molecule has 0 aromatic rings. The van der Waals surface area contributed by atoms with Crippen LogP contribution in [0.3, 0.4) is 0 Å². The molecule has 0 aromatic carbocycles. The van der Waals surface area contributed by atoms with Crippen molar-refractivity contribution in [1.82, 2.24) is 9.34 Å². The van der Waals surface area contributed by atoms with Gasteiger partial charge in [-0.2, -0.15) is 4.67 Å². The van der Waals surface area contributed by atoms with E-state index in [0.29, 0.717) is 43.9 Å². The first-order valence-corrected chi connectivity index (χ1v) is 8.75. The number of alkyl halides is 3. The number of halogens is 3. The third-order valence-electron chi connectivity index (χ3n) is 2.56. The van der Waals surface area contributed by atoms with E-state index in [0.717, 1.165) is 13.0 Å². The predicted molar refractivity (Wildman–Crippen MR) is 73.8 cm³/mol. The fourth-order valence-corrected chi connectivity index (χ4v) is 5.26. The molecule has 1 atom stereocenters. The van der Waals surface area contributed by atoms with Gasteiger partial charge in [0.2, 0.25) is 0 Å². The zero-order chi connectivity index (χ0) is 12.7. The molecule has 0 aliphatic carbocycles. The van der Waals surface area contributed by atoms with Gasteiger partial charge in [0.1, 0.15) is 13.1 Å². The van der Waals surface area contributed by atoms with Crippen molar-refractivity contribution in [2.24, 2.45) is 0 Å². The molecule has 1 fully saturated rings. The Labute approximate surface area is 118 Å². The molecule has 0 saturated carbocycles. The molecular formula is C9H18Cl3N2O2P+. The predicted octanol–water partition coefficient (Wildman–Crippen LogP) is 2.67. The Bertz CT molecular complexity index is 263. The van der Waals surface area contributed by atoms with Crippen LogP contribution in [0, 0.1) is 0 Å². The van der Waals surface area contributed by atoms with E-state index in [1.165, 1.54) is 0 Å². The maximum atomic E-state index is 12.9. The minimum atomic E-state index is -2.97. The largest absolute Gasteiger partial charge is 0.509 e. The first-order valence-electron chi connectivity index (χ1n) is 5.62. The fourth-order valence-electron chi connectivity index (χ4n) is 1.79. The second kappa shape index (κ2) is 8.21. The smallest absolute Gasteiger partial charge is 0.270 e. The highest BCUT2D eigenvalue weighted by Crippen LogP contribution is 2.54. The van der Waals surface area contributed by atoms with E-state index in [4.69, 9.17) is 39.3 Å². The highest BCUT2D eigenvalue weighted by atomic mass is 35.5. The van der Waals surface area contributed by atoms with Gasteiger partial charge in [-0.15, -0.1) is 34.8 Å². The Morgan fingerprint density at radius 2 is 1.82 bits per heavy atom. The maximum absolute atomic E-state index is 12.9. The Hall–Kier alpha value is 0.980. The Morgan fingerprint density at radius 1 is 1.18 bits per heavy atom. The maximum Gasteiger partial charge on any atom is 0.509 e. The van der Waals surface area contributed by atoms with E-state index in [-0.39, 0.29) is 0 Å². The van der Waals surface area contributed by atoms with Gasteiger partial charge in [-0.25, -0.2) is 4.57 Å². The number of hydrogen-bond donors (Lipinski definition) is 0. The van der Waals surface area contributed by atoms with Crippen LogP contribution in [0.15, 0.2) is 0 Å². The van der Waals surface area contributed by atoms with Crippen LogP contribution in [0.25, 0.3) is 0 Å². The fraction of sp³-hybridized carbons (Fsp3) is 1.00. The van der Waals surface area contributed by atoms with Crippen molar-refractivity contribution in [2.45, 2.75) is 6.42 Å². The molecule has 0 spiro atoms. The first kappa shape index (κ1) is 16.0. The van der Waals surface area contributed by atoms with Gasteiger partial charge >= 0.3 is 7.67 Å². The highest BCUT2D eigenvalue weighted by molar-refractivity contribution is 7.55. The Balaban J connectivity index is 2.80. The van der Waals surface area contributed by atoms with Crippen LogP contribution in [0.1, 0.15) is 6.42 Å². The summed E-state index contributed by atoms with van der Waals surface area (Å²) < 4.78 is 22.0. The van der Waals surface area contributed by atoms with Gasteiger partial charge in [0.15, 0.2) is 0 Å². The first-order chi connectivity index (χ1) is 8.19. The number of hydrogen-bond acceptors (Lipinski definition) is 2. The standard InChI is InChI=1S/C9H18Cl3N2O2P/c10-2-6-13-5-1-9-16-17(13,15)14(7-3-11)8-4-12/h1-9H2/q+1. The molecule has 1 aliphatic heterocycles. The minimum absolute atomic E-state index is 0.402. The molecule has 17 heavy (non-hydrogen) atoms. The zero-order valence-electron chi connectivity index (χ0n) is 9.66. The third-order valence-corrected chi connectivity index (χ3v) is 5.82. The lowest BCUT2D eigenvalue weighted by Gasteiger charge is -2.33. The molecule has 101 valence electrons. The Kier molecular flexibility index (Phi) is 7.75. The van der Waals surface area contributed by atoms with Gasteiger partial charge in [-0.1, -0.05) is 4.67 Å². The van der Waals surface area contributed by atoms with Crippen LogP contribution < -0.4 is 4.67 Å². The van der Waals surface area contributed by atoms with Crippen LogP contribution in [-0.2, 0) is 9.09 Å². The molecule has 8 heteroatoms. The van der Waals surface area contributed by atoms with Gasteiger partial charge in [0, 0.05) is 19.0 Å². The summed E-state index contributed by atoms with van der Waals surface area (Å²) in [6.45, 7) is 2.82. The third kappa shape index (κ3) is 4.24. The molecular weight excluding hydrogens is 305 g/mol. The van der Waals surface area contributed by atoms with E-state index in [9.17, 15) is 4.57 Å². The summed E-state index contributed by atoms with van der Waals surface area (Å²) in [4.78, 5) is 0. The Morgan fingerprint density at radius 3 is 2.35 bits per heavy atom. The molecule has 1 aliphatic rings. The summed E-state index contributed by atoms with van der Waals surface area (Å²) in [6, 6.07) is 0. The van der Waals surface area contributed by atoms with Crippen molar-refractivity contribution in [3.05, 3.63) is 0 Å². The van der Waals surface area contributed by atoms with E-state index in [1.54, 1.807) is 4.67 Å². The van der Waals surface area contributed by atoms with Crippen molar-refractivity contribution in [2.75, 3.05) is 50.4 Å². The zero-order valence-corrected chi connectivity index (χ0v) is 12.8.